The molecule has 39 heavy (non-hydrogen) atoms. The molecule has 4 rings (SSSR count). The first-order valence-electron chi connectivity index (χ1n) is 13.2. The van der Waals surface area contributed by atoms with Crippen LogP contribution in [0.2, 0.25) is 0 Å². The number of benzene rings is 3. The Kier molecular flexibility index (Phi) is 9.80. The molecule has 1 saturated carbocycles. The number of anilines is 1. The van der Waals surface area contributed by atoms with Crippen molar-refractivity contribution in [1.29, 1.82) is 0 Å². The summed E-state index contributed by atoms with van der Waals surface area (Å²) < 4.78 is 29.4. The number of carbonyl (C=O) groups excluding carboxylic acids is 2. The molecule has 206 valence electrons. The zero-order valence-corrected chi connectivity index (χ0v) is 24.4. The molecule has 0 unspecified atom stereocenters. The number of carbonyl (C=O) groups is 2. The number of nitrogens with one attached hydrogen (secondary N) is 1. The molecule has 3 aromatic rings. The van der Waals surface area contributed by atoms with Crippen LogP contribution in [0.1, 0.15) is 38.2 Å². The highest BCUT2D eigenvalue weighted by molar-refractivity contribution is 9.10. The third-order valence-electron chi connectivity index (χ3n) is 7.08. The van der Waals surface area contributed by atoms with E-state index in [4.69, 9.17) is 0 Å². The van der Waals surface area contributed by atoms with Crippen LogP contribution in [0.25, 0.3) is 0 Å². The topological polar surface area (TPSA) is 86.8 Å². The van der Waals surface area contributed by atoms with Crippen LogP contribution in [-0.4, -0.2) is 50.3 Å². The Labute approximate surface area is 239 Å². The standard InChI is InChI=1S/C30H34BrN3O4S/c1-23(30(36)32-26-12-8-9-13-26)33(21-20-24-10-4-2-5-11-24)29(35)22-34(27-18-16-25(31)17-19-27)39(37,38)28-14-6-3-7-15-28/h2-7,10-11,14-19,23,26H,8-9,12-13,20-22H2,1H3,(H,32,36)/t23-/m0/s1. The van der Waals surface area contributed by atoms with E-state index in [1.807, 2.05) is 30.3 Å². The monoisotopic (exact) mass is 611 g/mol. The Morgan fingerprint density at radius 1 is 0.923 bits per heavy atom. The van der Waals surface area contributed by atoms with Crippen molar-refractivity contribution in [3.8, 4) is 0 Å². The molecule has 2 amide bonds. The summed E-state index contributed by atoms with van der Waals surface area (Å²) in [5.41, 5.74) is 1.39. The second kappa shape index (κ2) is 13.3. The molecule has 1 fully saturated rings. The Balaban J connectivity index is 1.62. The number of hydrogen-bond donors (Lipinski definition) is 1. The molecule has 0 bridgehead atoms. The molecule has 7 nitrogen and oxygen atoms in total. The van der Waals surface area contributed by atoms with Crippen LogP contribution in [0.4, 0.5) is 5.69 Å². The van der Waals surface area contributed by atoms with Gasteiger partial charge in [0.05, 0.1) is 10.6 Å². The molecule has 0 saturated heterocycles. The molecule has 0 aliphatic heterocycles. The van der Waals surface area contributed by atoms with E-state index < -0.39 is 28.5 Å². The van der Waals surface area contributed by atoms with Gasteiger partial charge in [0.15, 0.2) is 0 Å². The molecular weight excluding hydrogens is 578 g/mol. The van der Waals surface area contributed by atoms with Crippen LogP contribution in [0.15, 0.2) is 94.3 Å². The summed E-state index contributed by atoms with van der Waals surface area (Å²) in [4.78, 5) is 28.7. The van der Waals surface area contributed by atoms with E-state index in [0.29, 0.717) is 12.1 Å². The fourth-order valence-corrected chi connectivity index (χ4v) is 6.52. The average molecular weight is 613 g/mol. The first kappa shape index (κ1) is 28.8. The SMILES string of the molecule is C[C@@H](C(=O)NC1CCCC1)N(CCc1ccccc1)C(=O)CN(c1ccc(Br)cc1)S(=O)(=O)c1ccccc1. The lowest BCUT2D eigenvalue weighted by atomic mass is 10.1. The molecule has 1 aliphatic carbocycles. The maximum atomic E-state index is 13.9. The van der Waals surface area contributed by atoms with Crippen molar-refractivity contribution < 1.29 is 18.0 Å². The van der Waals surface area contributed by atoms with Crippen molar-refractivity contribution in [2.45, 2.75) is 56.0 Å². The van der Waals surface area contributed by atoms with Gasteiger partial charge in [-0.15, -0.1) is 0 Å². The summed E-state index contributed by atoms with van der Waals surface area (Å²) in [6.45, 7) is 1.55. The predicted octanol–water partition coefficient (Wildman–Crippen LogP) is 5.16. The van der Waals surface area contributed by atoms with Crippen LogP contribution >= 0.6 is 15.9 Å². The predicted molar refractivity (Wildman–Crippen MR) is 157 cm³/mol. The first-order chi connectivity index (χ1) is 18.8. The third-order valence-corrected chi connectivity index (χ3v) is 9.39. The van der Waals surface area contributed by atoms with Gasteiger partial charge in [-0.1, -0.05) is 77.3 Å². The largest absolute Gasteiger partial charge is 0.352 e. The van der Waals surface area contributed by atoms with E-state index in [2.05, 4.69) is 21.2 Å². The lowest BCUT2D eigenvalue weighted by Crippen LogP contribution is -2.53. The summed E-state index contributed by atoms with van der Waals surface area (Å²) in [5.74, 6) is -0.660. The number of halogens is 1. The van der Waals surface area contributed by atoms with Gasteiger partial charge < -0.3 is 10.2 Å². The highest BCUT2D eigenvalue weighted by atomic mass is 79.9. The second-order valence-electron chi connectivity index (χ2n) is 9.79. The summed E-state index contributed by atoms with van der Waals surface area (Å²) in [7, 11) is -4.06. The van der Waals surface area contributed by atoms with Gasteiger partial charge in [0.2, 0.25) is 11.8 Å². The zero-order valence-electron chi connectivity index (χ0n) is 22.0. The van der Waals surface area contributed by atoms with Gasteiger partial charge in [0.25, 0.3) is 10.0 Å². The van der Waals surface area contributed by atoms with Crippen LogP contribution in [0.5, 0.6) is 0 Å². The fourth-order valence-electron chi connectivity index (χ4n) is 4.82. The minimum absolute atomic E-state index is 0.0866. The maximum absolute atomic E-state index is 13.9. The van der Waals surface area contributed by atoms with Crippen molar-refractivity contribution in [3.05, 3.63) is 95.0 Å². The van der Waals surface area contributed by atoms with Crippen molar-refractivity contribution in [1.82, 2.24) is 10.2 Å². The quantitative estimate of drug-likeness (QED) is 0.324. The normalized spacial score (nSPS) is 14.5. The molecule has 1 aliphatic rings. The van der Waals surface area contributed by atoms with Gasteiger partial charge in [0.1, 0.15) is 12.6 Å². The van der Waals surface area contributed by atoms with Gasteiger partial charge in [0, 0.05) is 17.1 Å². The molecule has 1 atom stereocenters. The summed E-state index contributed by atoms with van der Waals surface area (Å²) >= 11 is 3.39. The summed E-state index contributed by atoms with van der Waals surface area (Å²) in [5, 5.41) is 3.09. The molecule has 0 spiro atoms. The van der Waals surface area contributed by atoms with Gasteiger partial charge in [-0.25, -0.2) is 8.42 Å². The maximum Gasteiger partial charge on any atom is 0.264 e. The number of rotatable bonds is 11. The Bertz CT molecular complexity index is 1350. The third kappa shape index (κ3) is 7.48. The van der Waals surface area contributed by atoms with Gasteiger partial charge in [-0.2, -0.15) is 0 Å². The van der Waals surface area contributed by atoms with E-state index in [0.717, 1.165) is 40.0 Å². The summed E-state index contributed by atoms with van der Waals surface area (Å²) in [6, 6.07) is 23.9. The van der Waals surface area contributed by atoms with Crippen LogP contribution in [0.3, 0.4) is 0 Å². The van der Waals surface area contributed by atoms with E-state index in [1.54, 1.807) is 49.4 Å². The number of amides is 2. The van der Waals surface area contributed by atoms with Crippen molar-refractivity contribution in [2.24, 2.45) is 0 Å². The fraction of sp³-hybridized carbons (Fsp3) is 0.333. The lowest BCUT2D eigenvalue weighted by Gasteiger charge is -2.32. The van der Waals surface area contributed by atoms with Crippen LogP contribution in [0, 0.1) is 0 Å². The molecule has 0 heterocycles. The molecule has 0 aromatic heterocycles. The number of nitrogens with zero attached hydrogens (tertiary/aromatic N) is 2. The minimum atomic E-state index is -4.06. The first-order valence-corrected chi connectivity index (χ1v) is 15.5. The Morgan fingerprint density at radius 3 is 2.13 bits per heavy atom. The average Bonchev–Trinajstić information content (AvgIpc) is 3.46. The number of sulfonamides is 1. The zero-order chi connectivity index (χ0) is 27.8. The molecule has 0 radical (unpaired) electrons. The Hall–Kier alpha value is -3.17. The minimum Gasteiger partial charge on any atom is -0.352 e. The van der Waals surface area contributed by atoms with Crippen molar-refractivity contribution in [3.63, 3.8) is 0 Å². The smallest absolute Gasteiger partial charge is 0.264 e. The second-order valence-corrected chi connectivity index (χ2v) is 12.6. The van der Waals surface area contributed by atoms with Gasteiger partial charge in [-0.3, -0.25) is 13.9 Å². The lowest BCUT2D eigenvalue weighted by molar-refractivity contribution is -0.139. The van der Waals surface area contributed by atoms with Crippen molar-refractivity contribution >= 4 is 43.5 Å². The highest BCUT2D eigenvalue weighted by Crippen LogP contribution is 2.26. The van der Waals surface area contributed by atoms with E-state index >= 15 is 0 Å². The van der Waals surface area contributed by atoms with Gasteiger partial charge in [-0.05, 0) is 68.1 Å². The number of hydrogen-bond acceptors (Lipinski definition) is 4. The molecule has 3 aromatic carbocycles. The molecule has 9 heteroatoms. The van der Waals surface area contributed by atoms with E-state index in [9.17, 15) is 18.0 Å². The van der Waals surface area contributed by atoms with Crippen LogP contribution < -0.4 is 9.62 Å². The van der Waals surface area contributed by atoms with Gasteiger partial charge >= 0.3 is 0 Å². The molecule has 1 N–H and O–H groups in total. The van der Waals surface area contributed by atoms with E-state index in [1.165, 1.54) is 17.0 Å². The van der Waals surface area contributed by atoms with Crippen molar-refractivity contribution in [2.75, 3.05) is 17.4 Å². The molecular formula is C30H34BrN3O4S. The summed E-state index contributed by atoms with van der Waals surface area (Å²) in [6.07, 6.45) is 4.56. The highest BCUT2D eigenvalue weighted by Gasteiger charge is 2.33. The van der Waals surface area contributed by atoms with E-state index in [-0.39, 0.29) is 23.4 Å². The Morgan fingerprint density at radius 2 is 1.51 bits per heavy atom. The van der Waals surface area contributed by atoms with Crippen LogP contribution in [-0.2, 0) is 26.0 Å².